The molecule has 0 unspecified atom stereocenters. The van der Waals surface area contributed by atoms with E-state index in [1.54, 1.807) is 13.0 Å². The highest BCUT2D eigenvalue weighted by Gasteiger charge is 2.28. The maximum Gasteiger partial charge on any atom is 0.263 e. The number of anilines is 2. The minimum atomic E-state index is -1.71. The molecule has 0 aliphatic carbocycles. The van der Waals surface area contributed by atoms with Crippen LogP contribution in [0.1, 0.15) is 37.0 Å². The summed E-state index contributed by atoms with van der Waals surface area (Å²) in [5, 5.41) is 12.8. The number of fused-ring (bicyclic) bond motifs is 1. The fraction of sp³-hybridized carbons (Fsp3) is 0.367. The SMILES string of the molecule is Cc1nc2c(c(-c3cc(C(N)=O)c(O)c(F)c3F)cn2CC(=O)Nc2cc(N3CCN(C(C)C)C[C@@H]3C)ncc2Cl)c(=O)n1C. The average Bonchev–Trinajstić information content (AvgIpc) is 3.32. The van der Waals surface area contributed by atoms with Gasteiger partial charge in [-0.15, -0.1) is 0 Å². The molecule has 1 fully saturated rings. The summed E-state index contributed by atoms with van der Waals surface area (Å²) in [6, 6.07) is 3.13. The van der Waals surface area contributed by atoms with Crippen molar-refractivity contribution in [2.75, 3.05) is 29.9 Å². The van der Waals surface area contributed by atoms with E-state index in [0.29, 0.717) is 23.4 Å². The average molecular weight is 643 g/mol. The lowest BCUT2D eigenvalue weighted by Crippen LogP contribution is -2.54. The Labute approximate surface area is 262 Å². The number of benzene rings is 1. The molecular formula is C30H33ClF2N8O4. The van der Waals surface area contributed by atoms with E-state index in [4.69, 9.17) is 17.3 Å². The molecule has 2 amide bonds. The van der Waals surface area contributed by atoms with Crippen molar-refractivity contribution in [1.82, 2.24) is 24.0 Å². The highest BCUT2D eigenvalue weighted by Crippen LogP contribution is 2.36. The Hall–Kier alpha value is -4.56. The third kappa shape index (κ3) is 5.82. The smallest absolute Gasteiger partial charge is 0.263 e. The van der Waals surface area contributed by atoms with Crippen LogP contribution in [0.4, 0.5) is 20.3 Å². The molecule has 5 rings (SSSR count). The number of nitrogens with one attached hydrogen (secondary N) is 1. The predicted molar refractivity (Wildman–Crippen MR) is 167 cm³/mol. The summed E-state index contributed by atoms with van der Waals surface area (Å²) in [4.78, 5) is 52.0. The van der Waals surface area contributed by atoms with Gasteiger partial charge in [-0.3, -0.25) is 23.9 Å². The summed E-state index contributed by atoms with van der Waals surface area (Å²) in [5.41, 5.74) is 3.66. The molecule has 0 saturated carbocycles. The van der Waals surface area contributed by atoms with Crippen LogP contribution in [-0.2, 0) is 18.4 Å². The molecular weight excluding hydrogens is 610 g/mol. The van der Waals surface area contributed by atoms with Crippen LogP contribution in [0.5, 0.6) is 5.75 Å². The van der Waals surface area contributed by atoms with Crippen molar-refractivity contribution in [3.8, 4) is 16.9 Å². The van der Waals surface area contributed by atoms with Crippen molar-refractivity contribution < 1.29 is 23.5 Å². The number of aromatic nitrogens is 4. The number of amides is 2. The standard InChI is InChI=1S/C30H33ClF2N8O4/c1-14(2)39-6-7-41(15(3)11-39)22-9-21(20(31)10-35-22)37-23(42)13-40-12-19(24-29(40)36-16(4)38(5)30(24)45)17-8-18(28(34)44)27(43)26(33)25(17)32/h8-10,12,14-15,43H,6-7,11,13H2,1-5H3,(H2,34,44)(H,35,37,42)/t15-/m0/s1. The number of aromatic hydroxyl groups is 1. The lowest BCUT2D eigenvalue weighted by molar-refractivity contribution is -0.116. The molecule has 1 aliphatic rings. The highest BCUT2D eigenvalue weighted by atomic mass is 35.5. The van der Waals surface area contributed by atoms with Crippen LogP contribution in [0.2, 0.25) is 5.02 Å². The first kappa shape index (κ1) is 31.9. The summed E-state index contributed by atoms with van der Waals surface area (Å²) in [6.45, 7) is 10.0. The first-order valence-corrected chi connectivity index (χ1v) is 14.6. The number of halogens is 3. The zero-order valence-electron chi connectivity index (χ0n) is 25.4. The van der Waals surface area contributed by atoms with Crippen LogP contribution in [0.25, 0.3) is 22.2 Å². The van der Waals surface area contributed by atoms with Gasteiger partial charge in [-0.05, 0) is 33.8 Å². The number of rotatable bonds is 7. The van der Waals surface area contributed by atoms with E-state index in [2.05, 4.69) is 45.9 Å². The van der Waals surface area contributed by atoms with E-state index in [9.17, 15) is 23.9 Å². The topological polar surface area (TPSA) is 152 Å². The van der Waals surface area contributed by atoms with Crippen molar-refractivity contribution in [2.24, 2.45) is 12.8 Å². The lowest BCUT2D eigenvalue weighted by Gasteiger charge is -2.42. The van der Waals surface area contributed by atoms with Crippen molar-refractivity contribution in [3.63, 3.8) is 0 Å². The van der Waals surface area contributed by atoms with E-state index in [1.807, 2.05) is 0 Å². The molecule has 1 atom stereocenters. The van der Waals surface area contributed by atoms with Gasteiger partial charge in [0.2, 0.25) is 11.7 Å². The minimum absolute atomic E-state index is 0.0209. The monoisotopic (exact) mass is 642 g/mol. The lowest BCUT2D eigenvalue weighted by atomic mass is 10.0. The molecule has 3 aromatic heterocycles. The Bertz CT molecular complexity index is 1910. The number of piperazine rings is 1. The quantitative estimate of drug-likeness (QED) is 0.278. The Morgan fingerprint density at radius 1 is 1.20 bits per heavy atom. The zero-order chi connectivity index (χ0) is 32.9. The van der Waals surface area contributed by atoms with Crippen LogP contribution in [0, 0.1) is 18.6 Å². The number of primary amides is 1. The first-order chi connectivity index (χ1) is 21.2. The van der Waals surface area contributed by atoms with Gasteiger partial charge in [0.1, 0.15) is 23.8 Å². The van der Waals surface area contributed by atoms with E-state index in [0.717, 1.165) is 25.7 Å². The normalized spacial score (nSPS) is 15.7. The third-order valence-electron chi connectivity index (χ3n) is 8.17. The van der Waals surface area contributed by atoms with Gasteiger partial charge >= 0.3 is 0 Å². The molecule has 4 heterocycles. The maximum atomic E-state index is 15.2. The van der Waals surface area contributed by atoms with Gasteiger partial charge in [-0.2, -0.15) is 4.39 Å². The number of phenols is 1. The number of aryl methyl sites for hydroxylation is 1. The molecule has 1 aromatic carbocycles. The number of nitrogens with two attached hydrogens (primary N) is 1. The fourth-order valence-corrected chi connectivity index (χ4v) is 5.72. The van der Waals surface area contributed by atoms with E-state index in [1.165, 1.54) is 28.6 Å². The summed E-state index contributed by atoms with van der Waals surface area (Å²) in [7, 11) is 1.45. The predicted octanol–water partition coefficient (Wildman–Crippen LogP) is 3.40. The molecule has 15 heteroatoms. The van der Waals surface area contributed by atoms with Gasteiger partial charge in [0, 0.05) is 62.2 Å². The Morgan fingerprint density at radius 2 is 1.91 bits per heavy atom. The zero-order valence-corrected chi connectivity index (χ0v) is 26.1. The molecule has 0 spiro atoms. The Kier molecular flexibility index (Phi) is 8.55. The van der Waals surface area contributed by atoms with Gasteiger partial charge in [-0.25, -0.2) is 14.4 Å². The van der Waals surface area contributed by atoms with E-state index < -0.39 is 52.4 Å². The molecule has 4 aromatic rings. The molecule has 1 aliphatic heterocycles. The molecule has 1 saturated heterocycles. The number of carbonyl (C=O) groups is 2. The molecule has 45 heavy (non-hydrogen) atoms. The van der Waals surface area contributed by atoms with Crippen molar-refractivity contribution in [1.29, 1.82) is 0 Å². The summed E-state index contributed by atoms with van der Waals surface area (Å²) in [6.07, 6.45) is 2.72. The van der Waals surface area contributed by atoms with Gasteiger partial charge in [0.15, 0.2) is 11.6 Å². The molecule has 238 valence electrons. The number of pyridine rings is 1. The second-order valence-electron chi connectivity index (χ2n) is 11.4. The van der Waals surface area contributed by atoms with Crippen LogP contribution in [0.3, 0.4) is 0 Å². The summed E-state index contributed by atoms with van der Waals surface area (Å²) in [5.74, 6) is -5.28. The fourth-order valence-electron chi connectivity index (χ4n) is 5.56. The number of nitrogens with zero attached hydrogens (tertiary/aromatic N) is 6. The van der Waals surface area contributed by atoms with Crippen LogP contribution in [-0.4, -0.2) is 72.6 Å². The Balaban J connectivity index is 1.51. The van der Waals surface area contributed by atoms with Gasteiger partial charge in [0.05, 0.1) is 27.9 Å². The Morgan fingerprint density at radius 3 is 2.56 bits per heavy atom. The van der Waals surface area contributed by atoms with Crippen LogP contribution < -0.4 is 21.5 Å². The number of hydrogen-bond donors (Lipinski definition) is 3. The van der Waals surface area contributed by atoms with Gasteiger partial charge in [-0.1, -0.05) is 11.6 Å². The van der Waals surface area contributed by atoms with Crippen molar-refractivity contribution >= 4 is 46.0 Å². The molecule has 4 N–H and O–H groups in total. The van der Waals surface area contributed by atoms with E-state index >= 15 is 4.39 Å². The maximum absolute atomic E-state index is 15.2. The summed E-state index contributed by atoms with van der Waals surface area (Å²) < 4.78 is 32.4. The highest BCUT2D eigenvalue weighted by molar-refractivity contribution is 6.33. The number of hydrogen-bond acceptors (Lipinski definition) is 8. The largest absolute Gasteiger partial charge is 0.504 e. The van der Waals surface area contributed by atoms with Crippen molar-refractivity contribution in [2.45, 2.75) is 46.3 Å². The minimum Gasteiger partial charge on any atom is -0.504 e. The number of carbonyl (C=O) groups excluding carboxylic acids is 2. The van der Waals surface area contributed by atoms with Crippen LogP contribution in [0.15, 0.2) is 29.3 Å². The third-order valence-corrected chi connectivity index (χ3v) is 8.47. The molecule has 0 bridgehead atoms. The van der Waals surface area contributed by atoms with Gasteiger partial charge < -0.3 is 25.6 Å². The second-order valence-corrected chi connectivity index (χ2v) is 11.8. The second kappa shape index (κ2) is 12.1. The van der Waals surface area contributed by atoms with E-state index in [-0.39, 0.29) is 27.7 Å². The van der Waals surface area contributed by atoms with Crippen molar-refractivity contribution in [3.05, 3.63) is 62.9 Å². The van der Waals surface area contributed by atoms with Gasteiger partial charge in [0.25, 0.3) is 11.5 Å². The summed E-state index contributed by atoms with van der Waals surface area (Å²) >= 11 is 6.40. The molecule has 12 nitrogen and oxygen atoms in total. The molecule has 0 radical (unpaired) electrons. The first-order valence-electron chi connectivity index (χ1n) is 14.2. The van der Waals surface area contributed by atoms with Crippen LogP contribution >= 0.6 is 11.6 Å².